The Morgan fingerprint density at radius 3 is 2.80 bits per heavy atom. The summed E-state index contributed by atoms with van der Waals surface area (Å²) in [5.41, 5.74) is 5.28. The first-order valence-corrected chi connectivity index (χ1v) is 7.05. The Kier molecular flexibility index (Phi) is 4.74. The van der Waals surface area contributed by atoms with Gasteiger partial charge in [-0.3, -0.25) is 4.79 Å². The van der Waals surface area contributed by atoms with Gasteiger partial charge in [0.15, 0.2) is 0 Å². The van der Waals surface area contributed by atoms with Crippen molar-refractivity contribution in [1.29, 1.82) is 0 Å². The monoisotopic (exact) mass is 333 g/mol. The molecule has 0 spiro atoms. The summed E-state index contributed by atoms with van der Waals surface area (Å²) < 4.78 is 2.91. The third-order valence-corrected chi connectivity index (χ3v) is 3.48. The zero-order chi connectivity index (χ0) is 14.5. The second-order valence-corrected chi connectivity index (χ2v) is 5.45. The van der Waals surface area contributed by atoms with Crippen molar-refractivity contribution in [3.05, 3.63) is 58.3 Å². The van der Waals surface area contributed by atoms with E-state index in [-0.39, 0.29) is 5.91 Å². The van der Waals surface area contributed by atoms with E-state index in [1.807, 2.05) is 61.1 Å². The van der Waals surface area contributed by atoms with Crippen molar-refractivity contribution in [3.63, 3.8) is 0 Å². The lowest BCUT2D eigenvalue weighted by molar-refractivity contribution is -0.120. The molecule has 104 valence electrons. The van der Waals surface area contributed by atoms with Crippen LogP contribution in [-0.2, 0) is 18.3 Å². The van der Waals surface area contributed by atoms with Crippen LogP contribution in [0, 0.1) is 0 Å². The number of nitrogens with zero attached hydrogens (tertiary/aromatic N) is 2. The number of benzene rings is 1. The van der Waals surface area contributed by atoms with Gasteiger partial charge in [0.1, 0.15) is 0 Å². The molecule has 0 atom stereocenters. The Balaban J connectivity index is 1.98. The molecule has 20 heavy (non-hydrogen) atoms. The smallest absolute Gasteiger partial charge is 0.246 e. The van der Waals surface area contributed by atoms with Crippen LogP contribution >= 0.6 is 15.9 Å². The third-order valence-electron chi connectivity index (χ3n) is 2.98. The van der Waals surface area contributed by atoms with Crippen LogP contribution in [0.3, 0.4) is 0 Å². The van der Waals surface area contributed by atoms with Crippen LogP contribution in [-0.4, -0.2) is 16.2 Å². The number of amides is 1. The lowest BCUT2D eigenvalue weighted by Gasteiger charge is -2.04. The molecule has 0 aliphatic heterocycles. The number of nitrogens with one attached hydrogen (secondary N) is 1. The van der Waals surface area contributed by atoms with E-state index >= 15 is 0 Å². The predicted molar refractivity (Wildman–Crippen MR) is 83.6 cm³/mol. The van der Waals surface area contributed by atoms with E-state index in [4.69, 9.17) is 0 Å². The van der Waals surface area contributed by atoms with Gasteiger partial charge in [-0.2, -0.15) is 5.10 Å². The topological polar surface area (TPSA) is 46.4 Å². The summed E-state index contributed by atoms with van der Waals surface area (Å²) in [5.74, 6) is -0.124. The average molecular weight is 334 g/mol. The number of hydrogen-bond acceptors (Lipinski definition) is 2. The van der Waals surface area contributed by atoms with Gasteiger partial charge < -0.3 is 4.57 Å². The quantitative estimate of drug-likeness (QED) is 0.678. The van der Waals surface area contributed by atoms with Gasteiger partial charge >= 0.3 is 0 Å². The third kappa shape index (κ3) is 3.81. The fourth-order valence-corrected chi connectivity index (χ4v) is 2.21. The van der Waals surface area contributed by atoms with Crippen molar-refractivity contribution >= 4 is 27.5 Å². The van der Waals surface area contributed by atoms with Gasteiger partial charge in [-0.05, 0) is 36.8 Å². The van der Waals surface area contributed by atoms with E-state index in [9.17, 15) is 4.79 Å². The van der Waals surface area contributed by atoms with Crippen LogP contribution in [0.15, 0.2) is 52.2 Å². The van der Waals surface area contributed by atoms with Crippen LogP contribution in [0.2, 0.25) is 0 Å². The van der Waals surface area contributed by atoms with Crippen LogP contribution in [0.25, 0.3) is 0 Å². The van der Waals surface area contributed by atoms with Crippen molar-refractivity contribution < 1.29 is 4.79 Å². The Morgan fingerprint density at radius 1 is 1.35 bits per heavy atom. The van der Waals surface area contributed by atoms with Gasteiger partial charge in [-0.15, -0.1) is 0 Å². The molecule has 1 aromatic carbocycles. The van der Waals surface area contributed by atoms with E-state index in [0.717, 1.165) is 21.4 Å². The van der Waals surface area contributed by atoms with Crippen LogP contribution in [0.4, 0.5) is 0 Å². The summed E-state index contributed by atoms with van der Waals surface area (Å²) in [6.45, 7) is 1.87. The minimum absolute atomic E-state index is 0.124. The maximum absolute atomic E-state index is 11.8. The lowest BCUT2D eigenvalue weighted by atomic mass is 10.1. The van der Waals surface area contributed by atoms with Gasteiger partial charge in [-0.1, -0.05) is 28.1 Å². The molecule has 0 aliphatic carbocycles. The molecule has 1 amide bonds. The maximum atomic E-state index is 11.8. The van der Waals surface area contributed by atoms with E-state index in [2.05, 4.69) is 26.5 Å². The van der Waals surface area contributed by atoms with Crippen molar-refractivity contribution in [1.82, 2.24) is 9.99 Å². The van der Waals surface area contributed by atoms with E-state index in [1.54, 1.807) is 0 Å². The van der Waals surface area contributed by atoms with Crippen molar-refractivity contribution in [2.75, 3.05) is 0 Å². The minimum atomic E-state index is -0.124. The fraction of sp³-hybridized carbons (Fsp3) is 0.200. The van der Waals surface area contributed by atoms with Gasteiger partial charge in [0, 0.05) is 23.4 Å². The van der Waals surface area contributed by atoms with Gasteiger partial charge in [0.2, 0.25) is 5.91 Å². The summed E-state index contributed by atoms with van der Waals surface area (Å²) in [4.78, 5) is 11.8. The Labute approximate surface area is 126 Å². The van der Waals surface area contributed by atoms with E-state index in [1.165, 1.54) is 0 Å². The molecule has 2 rings (SSSR count). The Bertz CT molecular complexity index is 646. The molecule has 5 heteroatoms. The Morgan fingerprint density at radius 2 is 2.15 bits per heavy atom. The average Bonchev–Trinajstić information content (AvgIpc) is 2.81. The number of hydrazone groups is 1. The van der Waals surface area contributed by atoms with Crippen LogP contribution < -0.4 is 5.43 Å². The molecule has 0 fully saturated rings. The van der Waals surface area contributed by atoms with Gasteiger partial charge in [-0.25, -0.2) is 5.43 Å². The maximum Gasteiger partial charge on any atom is 0.246 e. The zero-order valence-corrected chi connectivity index (χ0v) is 13.0. The van der Waals surface area contributed by atoms with Crippen molar-refractivity contribution in [3.8, 4) is 0 Å². The summed E-state index contributed by atoms with van der Waals surface area (Å²) in [5, 5.41) is 4.13. The summed E-state index contributed by atoms with van der Waals surface area (Å²) in [6, 6.07) is 11.6. The predicted octanol–water partition coefficient (Wildman–Crippen LogP) is 2.87. The van der Waals surface area contributed by atoms with Crippen LogP contribution in [0.1, 0.15) is 18.2 Å². The number of aryl methyl sites for hydroxylation is 1. The SMILES string of the molecule is CC(=NNC(=O)Cc1cccn1C)c1cccc(Br)c1. The molecule has 0 saturated carbocycles. The largest absolute Gasteiger partial charge is 0.354 e. The standard InChI is InChI=1S/C15H16BrN3O/c1-11(12-5-3-6-13(16)9-12)17-18-15(20)10-14-7-4-8-19(14)2/h3-9H,10H2,1-2H3,(H,18,20). The number of halogens is 1. The number of aromatic nitrogens is 1. The minimum Gasteiger partial charge on any atom is -0.354 e. The normalized spacial score (nSPS) is 11.4. The first-order chi connectivity index (χ1) is 9.56. The summed E-state index contributed by atoms with van der Waals surface area (Å²) >= 11 is 3.41. The highest BCUT2D eigenvalue weighted by atomic mass is 79.9. The molecule has 0 saturated heterocycles. The second kappa shape index (κ2) is 6.52. The van der Waals surface area contributed by atoms with Crippen LogP contribution in [0.5, 0.6) is 0 Å². The molecule has 0 unspecified atom stereocenters. The molecule has 1 N–H and O–H groups in total. The van der Waals surface area contributed by atoms with Crippen molar-refractivity contribution in [2.45, 2.75) is 13.3 Å². The van der Waals surface area contributed by atoms with Gasteiger partial charge in [0.25, 0.3) is 0 Å². The van der Waals surface area contributed by atoms with Crippen molar-refractivity contribution in [2.24, 2.45) is 12.1 Å². The highest BCUT2D eigenvalue weighted by molar-refractivity contribution is 9.10. The molecule has 4 nitrogen and oxygen atoms in total. The molecular formula is C15H16BrN3O. The first kappa shape index (κ1) is 14.5. The molecule has 0 aliphatic rings. The highest BCUT2D eigenvalue weighted by Crippen LogP contribution is 2.12. The second-order valence-electron chi connectivity index (χ2n) is 4.53. The first-order valence-electron chi connectivity index (χ1n) is 6.25. The summed E-state index contributed by atoms with van der Waals surface area (Å²) in [7, 11) is 1.92. The number of carbonyl (C=O) groups excluding carboxylic acids is 1. The Hall–Kier alpha value is -1.88. The van der Waals surface area contributed by atoms with Gasteiger partial charge in [0.05, 0.1) is 12.1 Å². The number of carbonyl (C=O) groups is 1. The molecule has 0 radical (unpaired) electrons. The number of hydrogen-bond donors (Lipinski definition) is 1. The molecule has 1 aromatic heterocycles. The fourth-order valence-electron chi connectivity index (χ4n) is 1.81. The van der Waals surface area contributed by atoms with E-state index < -0.39 is 0 Å². The molecule has 2 aromatic rings. The molecule has 0 bridgehead atoms. The summed E-state index contributed by atoms with van der Waals surface area (Å²) in [6.07, 6.45) is 2.23. The number of rotatable bonds is 4. The zero-order valence-electron chi connectivity index (χ0n) is 11.4. The van der Waals surface area contributed by atoms with E-state index in [0.29, 0.717) is 6.42 Å². The molecule has 1 heterocycles. The lowest BCUT2D eigenvalue weighted by Crippen LogP contribution is -2.22. The highest BCUT2D eigenvalue weighted by Gasteiger charge is 2.05. The molecular weight excluding hydrogens is 318 g/mol.